The first-order chi connectivity index (χ1) is 19.8. The summed E-state index contributed by atoms with van der Waals surface area (Å²) in [5, 5.41) is 12.8. The molecule has 14 heteroatoms. The molecule has 0 saturated carbocycles. The van der Waals surface area contributed by atoms with E-state index in [1.807, 2.05) is 20.8 Å². The molecule has 3 N–H and O–H groups in total. The summed E-state index contributed by atoms with van der Waals surface area (Å²) in [4.78, 5) is 32.8. The third-order valence-corrected chi connectivity index (χ3v) is 6.88. The summed E-state index contributed by atoms with van der Waals surface area (Å²) in [6.45, 7) is 5.89. The molecule has 13 nitrogen and oxygen atoms in total. The number of hydrogen-bond acceptors (Lipinski definition) is 9. The lowest BCUT2D eigenvalue weighted by Crippen LogP contribution is -2.21. The zero-order valence-corrected chi connectivity index (χ0v) is 24.5. The fourth-order valence-electron chi connectivity index (χ4n) is 3.65. The summed E-state index contributed by atoms with van der Waals surface area (Å²) in [6.07, 6.45) is 2.40. The maximum atomic E-state index is 12.9. The van der Waals surface area contributed by atoms with Gasteiger partial charge in [0.05, 0.1) is 16.3 Å². The van der Waals surface area contributed by atoms with E-state index in [1.165, 1.54) is 31.6 Å². The van der Waals surface area contributed by atoms with Crippen LogP contribution in [-0.2, 0) is 24.8 Å². The van der Waals surface area contributed by atoms with E-state index in [1.54, 1.807) is 47.1 Å². The van der Waals surface area contributed by atoms with Gasteiger partial charge < -0.3 is 20.1 Å². The second-order valence-corrected chi connectivity index (χ2v) is 12.3. The number of urea groups is 1. The number of sulfone groups is 1. The molecule has 4 rings (SSSR count). The molecule has 42 heavy (non-hydrogen) atoms. The predicted molar refractivity (Wildman–Crippen MR) is 157 cm³/mol. The Labute approximate surface area is 243 Å². The van der Waals surface area contributed by atoms with Crippen LogP contribution in [0.15, 0.2) is 71.9 Å². The van der Waals surface area contributed by atoms with Crippen molar-refractivity contribution < 1.29 is 27.5 Å². The Morgan fingerprint density at radius 2 is 1.62 bits per heavy atom. The number of benzene rings is 2. The van der Waals surface area contributed by atoms with Crippen LogP contribution in [-0.4, -0.2) is 60.1 Å². The predicted octanol–water partition coefficient (Wildman–Crippen LogP) is 4.38. The van der Waals surface area contributed by atoms with E-state index in [4.69, 9.17) is 9.47 Å². The normalized spacial score (nSPS) is 11.5. The first kappa shape index (κ1) is 30.1. The second kappa shape index (κ2) is 12.4. The van der Waals surface area contributed by atoms with Gasteiger partial charge >= 0.3 is 6.03 Å². The van der Waals surface area contributed by atoms with Crippen molar-refractivity contribution in [3.05, 3.63) is 72.7 Å². The average Bonchev–Trinajstić information content (AvgIpc) is 3.34. The maximum Gasteiger partial charge on any atom is 0.324 e. The number of aromatic nitrogens is 4. The Bertz CT molecular complexity index is 1680. The van der Waals surface area contributed by atoms with Crippen molar-refractivity contribution in [1.82, 2.24) is 19.7 Å². The minimum Gasteiger partial charge on any atom is -0.439 e. The van der Waals surface area contributed by atoms with E-state index in [9.17, 15) is 18.0 Å². The van der Waals surface area contributed by atoms with Gasteiger partial charge in [-0.3, -0.25) is 10.1 Å². The van der Waals surface area contributed by atoms with Gasteiger partial charge in [-0.2, -0.15) is 5.10 Å². The number of carbonyl (C=O) groups is 2. The molecule has 3 amide bonds. The highest BCUT2D eigenvalue weighted by Gasteiger charge is 2.22. The van der Waals surface area contributed by atoms with Crippen molar-refractivity contribution in [2.75, 3.05) is 35.9 Å². The van der Waals surface area contributed by atoms with E-state index in [0.29, 0.717) is 22.9 Å². The van der Waals surface area contributed by atoms with Crippen molar-refractivity contribution in [2.24, 2.45) is 0 Å². The Morgan fingerprint density at radius 1 is 0.929 bits per heavy atom. The molecule has 0 radical (unpaired) electrons. The number of hydrogen-bond donors (Lipinski definition) is 3. The van der Waals surface area contributed by atoms with Crippen LogP contribution in [0.25, 0.3) is 5.69 Å². The molecular formula is C28H31N7O6S. The molecule has 4 aromatic rings. The highest BCUT2D eigenvalue weighted by Crippen LogP contribution is 2.27. The van der Waals surface area contributed by atoms with Gasteiger partial charge in [-0.15, -0.1) is 0 Å². The summed E-state index contributed by atoms with van der Waals surface area (Å²) in [5.41, 5.74) is 1.51. The average molecular weight is 594 g/mol. The molecule has 0 spiro atoms. The van der Waals surface area contributed by atoms with Crippen molar-refractivity contribution >= 4 is 39.1 Å². The quantitative estimate of drug-likeness (QED) is 0.255. The summed E-state index contributed by atoms with van der Waals surface area (Å²) < 4.78 is 35.8. The molecule has 0 fully saturated rings. The van der Waals surface area contributed by atoms with Crippen LogP contribution in [0.5, 0.6) is 11.6 Å². The molecule has 0 unspecified atom stereocenters. The first-order valence-electron chi connectivity index (χ1n) is 12.7. The van der Waals surface area contributed by atoms with E-state index in [0.717, 1.165) is 11.9 Å². The summed E-state index contributed by atoms with van der Waals surface area (Å²) in [5.74, 6) is 0.958. The Morgan fingerprint density at radius 3 is 2.24 bits per heavy atom. The molecule has 220 valence electrons. The fraction of sp³-hybridized carbons (Fsp3) is 0.250. The molecule has 0 aliphatic rings. The van der Waals surface area contributed by atoms with E-state index in [-0.39, 0.29) is 34.5 Å². The number of carbonyl (C=O) groups excluding carboxylic acids is 2. The zero-order chi connectivity index (χ0) is 30.5. The van der Waals surface area contributed by atoms with Gasteiger partial charge in [0, 0.05) is 36.6 Å². The summed E-state index contributed by atoms with van der Waals surface area (Å²) in [6, 6.07) is 15.6. The van der Waals surface area contributed by atoms with Crippen LogP contribution in [0.4, 0.5) is 22.1 Å². The molecule has 0 saturated heterocycles. The molecule has 0 bridgehead atoms. The lowest BCUT2D eigenvalue weighted by Gasteiger charge is -2.14. The minimum atomic E-state index is -3.36. The highest BCUT2D eigenvalue weighted by molar-refractivity contribution is 7.90. The van der Waals surface area contributed by atoms with Gasteiger partial charge in [0.15, 0.2) is 9.84 Å². The van der Waals surface area contributed by atoms with Crippen molar-refractivity contribution in [3.8, 4) is 17.3 Å². The molecule has 0 aliphatic heterocycles. The zero-order valence-electron chi connectivity index (χ0n) is 23.7. The minimum absolute atomic E-state index is 0.110. The van der Waals surface area contributed by atoms with Gasteiger partial charge in [0.2, 0.25) is 5.88 Å². The molecule has 0 atom stereocenters. The molecule has 2 aromatic heterocycles. The third-order valence-electron chi connectivity index (χ3n) is 5.75. The topological polar surface area (TPSA) is 166 Å². The smallest absolute Gasteiger partial charge is 0.324 e. The lowest BCUT2D eigenvalue weighted by molar-refractivity contribution is -0.119. The molecular weight excluding hydrogens is 562 g/mol. The Kier molecular flexibility index (Phi) is 8.87. The lowest BCUT2D eigenvalue weighted by atomic mass is 9.92. The highest BCUT2D eigenvalue weighted by atomic mass is 32.2. The van der Waals surface area contributed by atoms with Crippen molar-refractivity contribution in [2.45, 2.75) is 31.1 Å². The van der Waals surface area contributed by atoms with Crippen LogP contribution in [0.3, 0.4) is 0 Å². The third kappa shape index (κ3) is 7.89. The van der Waals surface area contributed by atoms with Crippen LogP contribution in [0.2, 0.25) is 0 Å². The largest absolute Gasteiger partial charge is 0.439 e. The van der Waals surface area contributed by atoms with Gasteiger partial charge in [-0.25, -0.2) is 27.9 Å². The SMILES string of the molecule is COCC(=O)Nc1cc(Oc2ccc(NC(=O)Nc3cc(C(C)(C)C)nn3-c3ccc(S(C)(=O)=O)cc3)cc2)ncn1. The van der Waals surface area contributed by atoms with E-state index >= 15 is 0 Å². The van der Waals surface area contributed by atoms with E-state index in [2.05, 4.69) is 31.0 Å². The monoisotopic (exact) mass is 593 g/mol. The van der Waals surface area contributed by atoms with Gasteiger partial charge in [-0.1, -0.05) is 20.8 Å². The standard InChI is InChI=1S/C28H31N7O6S/c1-28(2,3)22-14-24(35(34-22)19-8-12-21(13-9-19)42(5,38)39)33-27(37)31-18-6-10-20(11-7-18)41-26-15-23(29-17-30-26)32-25(36)16-40-4/h6-15,17H,16H2,1-5H3,(H2,31,33,37)(H,29,30,32,36). The summed E-state index contributed by atoms with van der Waals surface area (Å²) in [7, 11) is -1.94. The number of ether oxygens (including phenoxy) is 2. The van der Waals surface area contributed by atoms with Crippen molar-refractivity contribution in [1.29, 1.82) is 0 Å². The Balaban J connectivity index is 1.45. The van der Waals surface area contributed by atoms with Crippen LogP contribution >= 0.6 is 0 Å². The molecule has 0 aliphatic carbocycles. The number of methoxy groups -OCH3 is 1. The Hall–Kier alpha value is -4.82. The van der Waals surface area contributed by atoms with E-state index < -0.39 is 15.9 Å². The number of nitrogens with zero attached hydrogens (tertiary/aromatic N) is 4. The maximum absolute atomic E-state index is 12.9. The van der Waals surface area contributed by atoms with Crippen LogP contribution < -0.4 is 20.7 Å². The molecule has 2 heterocycles. The van der Waals surface area contributed by atoms with Gasteiger partial charge in [0.25, 0.3) is 5.91 Å². The van der Waals surface area contributed by atoms with Crippen LogP contribution in [0.1, 0.15) is 26.5 Å². The number of anilines is 3. The first-order valence-corrected chi connectivity index (χ1v) is 14.6. The summed E-state index contributed by atoms with van der Waals surface area (Å²) >= 11 is 0. The number of amides is 3. The van der Waals surface area contributed by atoms with Crippen LogP contribution in [0, 0.1) is 0 Å². The fourth-order valence-corrected chi connectivity index (χ4v) is 4.28. The second-order valence-electron chi connectivity index (χ2n) is 10.3. The molecule has 2 aromatic carbocycles. The van der Waals surface area contributed by atoms with Gasteiger partial charge in [0.1, 0.15) is 30.3 Å². The van der Waals surface area contributed by atoms with Gasteiger partial charge in [-0.05, 0) is 48.5 Å². The number of nitrogens with one attached hydrogen (secondary N) is 3. The van der Waals surface area contributed by atoms with Crippen molar-refractivity contribution in [3.63, 3.8) is 0 Å². The number of rotatable bonds is 9.